The minimum Gasteiger partial charge on any atom is -0.444 e. The number of halogens is 1. The molecular formula is C26H32ClN5O3. The molecule has 1 saturated heterocycles. The van der Waals surface area contributed by atoms with Crippen LogP contribution in [0.25, 0.3) is 11.2 Å². The fourth-order valence-corrected chi connectivity index (χ4v) is 4.45. The van der Waals surface area contributed by atoms with E-state index in [0.717, 1.165) is 31.4 Å². The van der Waals surface area contributed by atoms with Crippen LogP contribution < -0.4 is 5.32 Å². The number of hydrogen-bond acceptors (Lipinski definition) is 5. The zero-order valence-corrected chi connectivity index (χ0v) is 21.4. The first-order chi connectivity index (χ1) is 16.6. The van der Waals surface area contributed by atoms with Crippen LogP contribution in [0.15, 0.2) is 36.8 Å². The number of carbonyl (C=O) groups is 2. The van der Waals surface area contributed by atoms with Gasteiger partial charge in [-0.25, -0.2) is 14.8 Å². The van der Waals surface area contributed by atoms with Crippen LogP contribution in [-0.4, -0.2) is 50.1 Å². The Morgan fingerprint density at radius 1 is 1.14 bits per heavy atom. The molecule has 1 aliphatic rings. The molecule has 0 unspecified atom stereocenters. The van der Waals surface area contributed by atoms with Gasteiger partial charge in [-0.15, -0.1) is 0 Å². The second kappa shape index (κ2) is 10.2. The van der Waals surface area contributed by atoms with E-state index in [1.165, 1.54) is 6.20 Å². The third-order valence-corrected chi connectivity index (χ3v) is 6.55. The summed E-state index contributed by atoms with van der Waals surface area (Å²) in [4.78, 5) is 35.7. The Labute approximate surface area is 210 Å². The number of aryl methyl sites for hydroxylation is 2. The lowest BCUT2D eigenvalue weighted by Gasteiger charge is -2.33. The van der Waals surface area contributed by atoms with E-state index in [2.05, 4.69) is 15.3 Å². The number of nitrogens with one attached hydrogen (secondary N) is 1. The van der Waals surface area contributed by atoms with Crippen LogP contribution >= 0.6 is 11.6 Å². The molecule has 0 spiro atoms. The van der Waals surface area contributed by atoms with Crippen molar-refractivity contribution < 1.29 is 14.3 Å². The van der Waals surface area contributed by atoms with Crippen LogP contribution in [0.1, 0.15) is 56.0 Å². The van der Waals surface area contributed by atoms with Gasteiger partial charge in [0.2, 0.25) is 0 Å². The highest BCUT2D eigenvalue weighted by atomic mass is 35.5. The second-order valence-electron chi connectivity index (χ2n) is 10.1. The number of aromatic nitrogens is 3. The number of carbonyl (C=O) groups excluding carboxylic acids is 2. The monoisotopic (exact) mass is 497 g/mol. The summed E-state index contributed by atoms with van der Waals surface area (Å²) in [5, 5.41) is 3.15. The van der Waals surface area contributed by atoms with E-state index < -0.39 is 5.60 Å². The number of hydrogen-bond donors (Lipinski definition) is 1. The van der Waals surface area contributed by atoms with E-state index in [1.807, 2.05) is 56.5 Å². The van der Waals surface area contributed by atoms with Crippen molar-refractivity contribution in [2.24, 2.45) is 5.92 Å². The van der Waals surface area contributed by atoms with Crippen molar-refractivity contribution in [3.05, 3.63) is 52.9 Å². The van der Waals surface area contributed by atoms with Gasteiger partial charge in [0.15, 0.2) is 5.65 Å². The summed E-state index contributed by atoms with van der Waals surface area (Å²) in [6.45, 7) is 9.78. The Bertz CT molecular complexity index is 1210. The molecule has 3 aromatic rings. The summed E-state index contributed by atoms with van der Waals surface area (Å²) in [5.74, 6) is 0.181. The number of anilines is 1. The van der Waals surface area contributed by atoms with Gasteiger partial charge in [-0.1, -0.05) is 29.3 Å². The molecule has 3 heterocycles. The van der Waals surface area contributed by atoms with Crippen LogP contribution in [0, 0.1) is 12.8 Å². The fraction of sp³-hybridized carbons (Fsp3) is 0.462. The van der Waals surface area contributed by atoms with E-state index in [1.54, 1.807) is 11.2 Å². The van der Waals surface area contributed by atoms with Gasteiger partial charge in [0.1, 0.15) is 11.1 Å². The van der Waals surface area contributed by atoms with Crippen LogP contribution in [-0.2, 0) is 11.3 Å². The molecule has 0 radical (unpaired) electrons. The van der Waals surface area contributed by atoms with Crippen molar-refractivity contribution in [1.29, 1.82) is 0 Å². The smallest absolute Gasteiger partial charge is 0.410 e. The van der Waals surface area contributed by atoms with Gasteiger partial charge in [-0.05, 0) is 65.0 Å². The molecule has 8 nitrogen and oxygen atoms in total. The Kier molecular flexibility index (Phi) is 7.31. The first-order valence-corrected chi connectivity index (χ1v) is 12.3. The highest BCUT2D eigenvalue weighted by molar-refractivity contribution is 6.38. The molecule has 1 aliphatic heterocycles. The number of likely N-dealkylation sites (tertiary alicyclic amines) is 1. The maximum atomic E-state index is 12.7. The predicted molar refractivity (Wildman–Crippen MR) is 137 cm³/mol. The minimum atomic E-state index is -0.480. The normalized spacial score (nSPS) is 14.8. The molecule has 0 bridgehead atoms. The molecular weight excluding hydrogens is 466 g/mol. The fourth-order valence-electron chi connectivity index (χ4n) is 4.19. The number of piperidine rings is 1. The van der Waals surface area contributed by atoms with E-state index in [-0.39, 0.29) is 12.0 Å². The van der Waals surface area contributed by atoms with Crippen LogP contribution in [0.2, 0.25) is 5.02 Å². The van der Waals surface area contributed by atoms with Gasteiger partial charge in [-0.2, -0.15) is 0 Å². The van der Waals surface area contributed by atoms with Crippen molar-refractivity contribution in [3.8, 4) is 0 Å². The van der Waals surface area contributed by atoms with Crippen LogP contribution in [0.3, 0.4) is 0 Å². The SMILES string of the molecule is Cc1ccc(NC(=O)c2cnc3c(ncn3CCC3CCN(C(=O)OC(C)(C)C)CC3)c2Cl)cc1. The zero-order chi connectivity index (χ0) is 25.2. The molecule has 1 aromatic carbocycles. The quantitative estimate of drug-likeness (QED) is 0.489. The van der Waals surface area contributed by atoms with Gasteiger partial charge in [0.05, 0.1) is 16.9 Å². The molecule has 1 fully saturated rings. The highest BCUT2D eigenvalue weighted by Crippen LogP contribution is 2.27. The van der Waals surface area contributed by atoms with Crippen LogP contribution in [0.5, 0.6) is 0 Å². The molecule has 1 N–H and O–H groups in total. The molecule has 0 saturated carbocycles. The van der Waals surface area contributed by atoms with Gasteiger partial charge in [-0.3, -0.25) is 4.79 Å². The molecule has 2 aromatic heterocycles. The van der Waals surface area contributed by atoms with Crippen molar-refractivity contribution >= 4 is 40.5 Å². The summed E-state index contributed by atoms with van der Waals surface area (Å²) in [5.41, 5.74) is 2.80. The Morgan fingerprint density at radius 2 is 1.83 bits per heavy atom. The van der Waals surface area contributed by atoms with E-state index in [4.69, 9.17) is 16.3 Å². The number of ether oxygens (including phenoxy) is 1. The Hall–Kier alpha value is -3.13. The van der Waals surface area contributed by atoms with Gasteiger partial charge < -0.3 is 19.5 Å². The highest BCUT2D eigenvalue weighted by Gasteiger charge is 2.27. The summed E-state index contributed by atoms with van der Waals surface area (Å²) >= 11 is 6.56. The number of rotatable bonds is 5. The number of fused-ring (bicyclic) bond motifs is 1. The molecule has 2 amide bonds. The van der Waals surface area contributed by atoms with Gasteiger partial charge in [0.25, 0.3) is 5.91 Å². The number of amides is 2. The lowest BCUT2D eigenvalue weighted by molar-refractivity contribution is 0.0180. The van der Waals surface area contributed by atoms with Gasteiger partial charge in [0, 0.05) is 31.5 Å². The predicted octanol–water partition coefficient (Wildman–Crippen LogP) is 5.68. The number of imidazole rings is 1. The maximum Gasteiger partial charge on any atom is 0.410 e. The third-order valence-electron chi connectivity index (χ3n) is 6.17. The van der Waals surface area contributed by atoms with Crippen LogP contribution in [0.4, 0.5) is 10.5 Å². The molecule has 186 valence electrons. The average molecular weight is 498 g/mol. The Balaban J connectivity index is 1.35. The lowest BCUT2D eigenvalue weighted by Crippen LogP contribution is -2.41. The molecule has 35 heavy (non-hydrogen) atoms. The standard InChI is InChI=1S/C26H32ClN5O3/c1-17-5-7-19(8-6-17)30-24(33)20-15-28-23-22(21(20)27)29-16-32(23)14-11-18-9-12-31(13-10-18)25(34)35-26(2,3)4/h5-8,15-16,18H,9-14H2,1-4H3,(H,30,33). The first-order valence-electron chi connectivity index (χ1n) is 12.0. The minimum absolute atomic E-state index is 0.238. The summed E-state index contributed by atoms with van der Waals surface area (Å²) in [6, 6.07) is 7.56. The Morgan fingerprint density at radius 3 is 2.49 bits per heavy atom. The molecule has 4 rings (SSSR count). The third kappa shape index (κ3) is 6.11. The topological polar surface area (TPSA) is 89.4 Å². The zero-order valence-electron chi connectivity index (χ0n) is 20.7. The van der Waals surface area contributed by atoms with E-state index in [0.29, 0.717) is 46.4 Å². The lowest BCUT2D eigenvalue weighted by atomic mass is 9.94. The van der Waals surface area contributed by atoms with Crippen molar-refractivity contribution in [2.45, 2.75) is 59.1 Å². The molecule has 0 aliphatic carbocycles. The van der Waals surface area contributed by atoms with Gasteiger partial charge >= 0.3 is 6.09 Å². The van der Waals surface area contributed by atoms with E-state index in [9.17, 15) is 9.59 Å². The first kappa shape index (κ1) is 25.0. The largest absolute Gasteiger partial charge is 0.444 e. The average Bonchev–Trinajstić information content (AvgIpc) is 3.22. The van der Waals surface area contributed by atoms with Crippen molar-refractivity contribution in [2.75, 3.05) is 18.4 Å². The molecule has 0 atom stereocenters. The maximum absolute atomic E-state index is 12.7. The summed E-state index contributed by atoms with van der Waals surface area (Å²) in [7, 11) is 0. The second-order valence-corrected chi connectivity index (χ2v) is 10.5. The number of pyridine rings is 1. The summed E-state index contributed by atoms with van der Waals surface area (Å²) < 4.78 is 7.46. The van der Waals surface area contributed by atoms with Crippen molar-refractivity contribution in [1.82, 2.24) is 19.4 Å². The van der Waals surface area contributed by atoms with E-state index >= 15 is 0 Å². The summed E-state index contributed by atoms with van der Waals surface area (Å²) in [6.07, 6.45) is 5.81. The molecule has 9 heteroatoms. The number of nitrogens with zero attached hydrogens (tertiary/aromatic N) is 4. The number of benzene rings is 1. The van der Waals surface area contributed by atoms with Crippen molar-refractivity contribution in [3.63, 3.8) is 0 Å².